The van der Waals surface area contributed by atoms with E-state index in [2.05, 4.69) is 10.3 Å². The van der Waals surface area contributed by atoms with E-state index in [9.17, 15) is 10.1 Å². The Kier molecular flexibility index (Phi) is 4.37. The summed E-state index contributed by atoms with van der Waals surface area (Å²) in [4.78, 5) is 17.1. The summed E-state index contributed by atoms with van der Waals surface area (Å²) in [6.07, 6.45) is 0. The number of pyridine rings is 1. The molecule has 0 aliphatic carbocycles. The molecule has 0 unspecified atom stereocenters. The van der Waals surface area contributed by atoms with Crippen LogP contribution in [0.2, 0.25) is 0 Å². The van der Waals surface area contributed by atoms with Crippen LogP contribution in [0.25, 0.3) is 11.3 Å². The molecule has 1 heterocycles. The van der Waals surface area contributed by atoms with E-state index in [-0.39, 0.29) is 5.69 Å². The number of rotatable bonds is 5. The zero-order valence-electron chi connectivity index (χ0n) is 12.3. The maximum absolute atomic E-state index is 11.2. The predicted octanol–water partition coefficient (Wildman–Crippen LogP) is 3.15. The van der Waals surface area contributed by atoms with Crippen LogP contribution >= 0.6 is 0 Å². The summed E-state index contributed by atoms with van der Waals surface area (Å²) in [6, 6.07) is 10.6. The maximum atomic E-state index is 11.2. The van der Waals surface area contributed by atoms with Gasteiger partial charge in [0.2, 0.25) is 0 Å². The van der Waals surface area contributed by atoms with Gasteiger partial charge >= 0.3 is 0 Å². The SMILES string of the molecule is CCNc1ccc([N+](=O)[O-])c(-c2ccc(N(C)C)cc2)n1. The van der Waals surface area contributed by atoms with Crippen molar-refractivity contribution in [2.24, 2.45) is 0 Å². The van der Waals surface area contributed by atoms with E-state index < -0.39 is 4.92 Å². The van der Waals surface area contributed by atoms with Gasteiger partial charge in [0.15, 0.2) is 5.69 Å². The number of nitrogens with zero attached hydrogens (tertiary/aromatic N) is 3. The van der Waals surface area contributed by atoms with Crippen molar-refractivity contribution in [1.82, 2.24) is 4.98 Å². The Hall–Kier alpha value is -2.63. The van der Waals surface area contributed by atoms with E-state index >= 15 is 0 Å². The van der Waals surface area contributed by atoms with Crippen LogP contribution in [-0.4, -0.2) is 30.5 Å². The summed E-state index contributed by atoms with van der Waals surface area (Å²) in [5, 5.41) is 14.2. The Labute approximate surface area is 123 Å². The van der Waals surface area contributed by atoms with Crippen molar-refractivity contribution in [2.75, 3.05) is 30.9 Å². The first-order chi connectivity index (χ1) is 10.0. The fraction of sp³-hybridized carbons (Fsp3) is 0.267. The number of hydrogen-bond donors (Lipinski definition) is 1. The zero-order valence-corrected chi connectivity index (χ0v) is 12.3. The van der Waals surface area contributed by atoms with Crippen LogP contribution in [0.15, 0.2) is 36.4 Å². The van der Waals surface area contributed by atoms with Crippen molar-refractivity contribution >= 4 is 17.2 Å². The molecule has 0 saturated heterocycles. The lowest BCUT2D eigenvalue weighted by molar-refractivity contribution is -0.384. The summed E-state index contributed by atoms with van der Waals surface area (Å²) in [7, 11) is 3.89. The van der Waals surface area contributed by atoms with Crippen LogP contribution < -0.4 is 10.2 Å². The molecule has 1 aromatic heterocycles. The first-order valence-electron chi connectivity index (χ1n) is 6.70. The number of nitro groups is 1. The first kappa shape index (κ1) is 14.8. The average Bonchev–Trinajstić information content (AvgIpc) is 2.47. The molecule has 0 saturated carbocycles. The Balaban J connectivity index is 2.48. The van der Waals surface area contributed by atoms with E-state index in [0.717, 1.165) is 11.3 Å². The summed E-state index contributed by atoms with van der Waals surface area (Å²) in [5.74, 6) is 0.634. The summed E-state index contributed by atoms with van der Waals surface area (Å²) < 4.78 is 0. The molecule has 6 nitrogen and oxygen atoms in total. The highest BCUT2D eigenvalue weighted by molar-refractivity contribution is 5.72. The molecule has 21 heavy (non-hydrogen) atoms. The van der Waals surface area contributed by atoms with Gasteiger partial charge in [-0.25, -0.2) is 4.98 Å². The lowest BCUT2D eigenvalue weighted by atomic mass is 10.1. The molecular formula is C15H18N4O2. The Morgan fingerprint density at radius 2 is 1.86 bits per heavy atom. The first-order valence-corrected chi connectivity index (χ1v) is 6.70. The third-order valence-corrected chi connectivity index (χ3v) is 3.09. The molecule has 1 aromatic carbocycles. The van der Waals surface area contributed by atoms with Gasteiger partial charge in [0.05, 0.1) is 4.92 Å². The molecule has 0 aliphatic rings. The zero-order chi connectivity index (χ0) is 15.4. The van der Waals surface area contributed by atoms with Gasteiger partial charge in [-0.2, -0.15) is 0 Å². The number of benzene rings is 1. The van der Waals surface area contributed by atoms with Gasteiger partial charge in [-0.1, -0.05) is 12.1 Å². The second-order valence-electron chi connectivity index (χ2n) is 4.79. The van der Waals surface area contributed by atoms with Gasteiger partial charge in [-0.05, 0) is 25.1 Å². The van der Waals surface area contributed by atoms with Crippen molar-refractivity contribution in [3.63, 3.8) is 0 Å². The van der Waals surface area contributed by atoms with Gasteiger partial charge in [-0.3, -0.25) is 10.1 Å². The Bertz CT molecular complexity index is 639. The molecule has 0 bridgehead atoms. The summed E-state index contributed by atoms with van der Waals surface area (Å²) in [5.41, 5.74) is 2.15. The molecule has 0 spiro atoms. The number of anilines is 2. The van der Waals surface area contributed by atoms with Crippen LogP contribution in [-0.2, 0) is 0 Å². The van der Waals surface area contributed by atoms with E-state index in [4.69, 9.17) is 0 Å². The smallest absolute Gasteiger partial charge is 0.295 e. The van der Waals surface area contributed by atoms with Gasteiger partial charge < -0.3 is 10.2 Å². The van der Waals surface area contributed by atoms with Gasteiger partial charge in [0.25, 0.3) is 5.69 Å². The van der Waals surface area contributed by atoms with Gasteiger partial charge in [0.1, 0.15) is 5.82 Å². The highest BCUT2D eigenvalue weighted by Crippen LogP contribution is 2.30. The van der Waals surface area contributed by atoms with E-state index in [1.807, 2.05) is 50.2 Å². The normalized spacial score (nSPS) is 10.2. The monoisotopic (exact) mass is 286 g/mol. The summed E-state index contributed by atoms with van der Waals surface area (Å²) in [6.45, 7) is 2.67. The highest BCUT2D eigenvalue weighted by atomic mass is 16.6. The Morgan fingerprint density at radius 3 is 2.38 bits per heavy atom. The van der Waals surface area contributed by atoms with E-state index in [1.165, 1.54) is 6.07 Å². The van der Waals surface area contributed by atoms with Crippen LogP contribution in [0, 0.1) is 10.1 Å². The molecule has 0 fully saturated rings. The number of hydrogen-bond acceptors (Lipinski definition) is 5. The minimum absolute atomic E-state index is 0.00857. The molecule has 2 rings (SSSR count). The topological polar surface area (TPSA) is 71.3 Å². The molecule has 0 radical (unpaired) electrons. The van der Waals surface area contributed by atoms with Crippen LogP contribution in [0.1, 0.15) is 6.92 Å². The molecule has 110 valence electrons. The van der Waals surface area contributed by atoms with Crippen molar-refractivity contribution < 1.29 is 4.92 Å². The third-order valence-electron chi connectivity index (χ3n) is 3.09. The van der Waals surface area contributed by atoms with E-state index in [1.54, 1.807) is 6.07 Å². The third kappa shape index (κ3) is 3.28. The lowest BCUT2D eigenvalue weighted by Crippen LogP contribution is -2.08. The maximum Gasteiger partial charge on any atom is 0.295 e. The quantitative estimate of drug-likeness (QED) is 0.675. The largest absolute Gasteiger partial charge is 0.378 e. The van der Waals surface area contributed by atoms with Crippen molar-refractivity contribution in [3.05, 3.63) is 46.5 Å². The molecule has 2 aromatic rings. The van der Waals surface area contributed by atoms with Crippen LogP contribution in [0.5, 0.6) is 0 Å². The predicted molar refractivity (Wildman–Crippen MR) is 84.8 cm³/mol. The molecule has 0 atom stereocenters. The second kappa shape index (κ2) is 6.21. The fourth-order valence-corrected chi connectivity index (χ4v) is 2.01. The van der Waals surface area contributed by atoms with Crippen LogP contribution in [0.3, 0.4) is 0 Å². The minimum Gasteiger partial charge on any atom is -0.378 e. The average molecular weight is 286 g/mol. The minimum atomic E-state index is -0.405. The highest BCUT2D eigenvalue weighted by Gasteiger charge is 2.17. The van der Waals surface area contributed by atoms with Crippen molar-refractivity contribution in [2.45, 2.75) is 6.92 Å². The van der Waals surface area contributed by atoms with E-state index in [0.29, 0.717) is 18.1 Å². The fourth-order valence-electron chi connectivity index (χ4n) is 2.01. The van der Waals surface area contributed by atoms with Crippen molar-refractivity contribution in [3.8, 4) is 11.3 Å². The number of nitrogens with one attached hydrogen (secondary N) is 1. The summed E-state index contributed by atoms with van der Waals surface area (Å²) >= 11 is 0. The van der Waals surface area contributed by atoms with Crippen molar-refractivity contribution in [1.29, 1.82) is 0 Å². The van der Waals surface area contributed by atoms with Crippen LogP contribution in [0.4, 0.5) is 17.2 Å². The molecule has 6 heteroatoms. The number of aromatic nitrogens is 1. The Morgan fingerprint density at radius 1 is 1.19 bits per heavy atom. The molecule has 1 N–H and O–H groups in total. The molecule has 0 aliphatic heterocycles. The molecular weight excluding hydrogens is 268 g/mol. The molecule has 0 amide bonds. The second-order valence-corrected chi connectivity index (χ2v) is 4.79. The lowest BCUT2D eigenvalue weighted by Gasteiger charge is -2.13. The standard InChI is InChI=1S/C15H18N4O2/c1-4-16-14-10-9-13(19(20)21)15(17-14)11-5-7-12(8-6-11)18(2)3/h5-10H,4H2,1-3H3,(H,16,17). The van der Waals surface area contributed by atoms with Gasteiger partial charge in [0, 0.05) is 38.0 Å². The van der Waals surface area contributed by atoms with Gasteiger partial charge in [-0.15, -0.1) is 0 Å².